The first-order valence-electron chi connectivity index (χ1n) is 9.54. The molecule has 0 aliphatic carbocycles. The van der Waals surface area contributed by atoms with E-state index in [1.807, 2.05) is 54.1 Å². The Morgan fingerprint density at radius 3 is 2.67 bits per heavy atom. The monoisotopic (exact) mass is 421 g/mol. The summed E-state index contributed by atoms with van der Waals surface area (Å²) in [4.78, 5) is 21.1. The summed E-state index contributed by atoms with van der Waals surface area (Å²) in [5.41, 5.74) is 3.21. The average molecular weight is 421 g/mol. The van der Waals surface area contributed by atoms with E-state index in [9.17, 15) is 9.18 Å². The van der Waals surface area contributed by atoms with Crippen LogP contribution in [0.3, 0.4) is 0 Å². The van der Waals surface area contributed by atoms with Crippen LogP contribution in [0, 0.1) is 5.82 Å². The van der Waals surface area contributed by atoms with Crippen LogP contribution < -0.4 is 0 Å². The van der Waals surface area contributed by atoms with Gasteiger partial charge in [-0.3, -0.25) is 4.79 Å². The Balaban J connectivity index is 1.95. The smallest absolute Gasteiger partial charge is 0.319 e. The molecule has 0 bridgehead atoms. The summed E-state index contributed by atoms with van der Waals surface area (Å²) < 4.78 is 20.7. The molecule has 0 amide bonds. The molecule has 0 fully saturated rings. The van der Waals surface area contributed by atoms with Crippen molar-refractivity contribution in [2.75, 3.05) is 7.11 Å². The van der Waals surface area contributed by atoms with Gasteiger partial charge in [-0.25, -0.2) is 14.4 Å². The number of carbonyl (C=O) groups excluding carboxylic acids is 1. The van der Waals surface area contributed by atoms with E-state index < -0.39 is 0 Å². The van der Waals surface area contributed by atoms with E-state index in [1.165, 1.54) is 37.3 Å². The zero-order chi connectivity index (χ0) is 21.1. The van der Waals surface area contributed by atoms with E-state index in [0.29, 0.717) is 22.8 Å². The normalized spacial score (nSPS) is 12.1. The maximum atomic E-state index is 13.9. The van der Waals surface area contributed by atoms with Gasteiger partial charge in [-0.15, -0.1) is 0 Å². The SMILES string of the molecule is CC[C@@H](Sc1ncnc2c1c(-c1ccccc1)cn2-c1cccc(F)c1)C(=O)OC. The molecule has 0 spiro atoms. The van der Waals surface area contributed by atoms with Crippen LogP contribution in [-0.4, -0.2) is 32.9 Å². The molecule has 0 aliphatic heterocycles. The van der Waals surface area contributed by atoms with Gasteiger partial charge < -0.3 is 9.30 Å². The van der Waals surface area contributed by atoms with Crippen LogP contribution in [0.1, 0.15) is 13.3 Å². The molecule has 4 aromatic rings. The number of aromatic nitrogens is 3. The number of carbonyl (C=O) groups is 1. The maximum Gasteiger partial charge on any atom is 0.319 e. The number of hydrogen-bond acceptors (Lipinski definition) is 5. The van der Waals surface area contributed by atoms with Gasteiger partial charge in [-0.2, -0.15) is 0 Å². The maximum absolute atomic E-state index is 13.9. The van der Waals surface area contributed by atoms with Gasteiger partial charge in [0.1, 0.15) is 28.1 Å². The van der Waals surface area contributed by atoms with Gasteiger partial charge in [-0.05, 0) is 30.2 Å². The van der Waals surface area contributed by atoms with Gasteiger partial charge in [0, 0.05) is 17.4 Å². The third-order valence-corrected chi connectivity index (χ3v) is 6.15. The number of ether oxygens (including phenoxy) is 1. The van der Waals surface area contributed by atoms with Gasteiger partial charge >= 0.3 is 5.97 Å². The molecular weight excluding hydrogens is 401 g/mol. The minimum absolute atomic E-state index is 0.292. The van der Waals surface area contributed by atoms with Crippen molar-refractivity contribution >= 4 is 28.8 Å². The number of methoxy groups -OCH3 is 1. The first-order chi connectivity index (χ1) is 14.6. The van der Waals surface area contributed by atoms with Gasteiger partial charge in [0.2, 0.25) is 0 Å². The number of halogens is 1. The molecule has 5 nitrogen and oxygen atoms in total. The molecular formula is C23H20FN3O2S. The van der Waals surface area contributed by atoms with Crippen molar-refractivity contribution in [3.63, 3.8) is 0 Å². The van der Waals surface area contributed by atoms with Gasteiger partial charge in [0.05, 0.1) is 12.5 Å². The zero-order valence-corrected chi connectivity index (χ0v) is 17.4. The molecule has 0 saturated heterocycles. The predicted molar refractivity (Wildman–Crippen MR) is 116 cm³/mol. The molecule has 4 rings (SSSR count). The molecule has 0 N–H and O–H groups in total. The molecule has 0 unspecified atom stereocenters. The van der Waals surface area contributed by atoms with E-state index in [-0.39, 0.29) is 17.0 Å². The van der Waals surface area contributed by atoms with Crippen molar-refractivity contribution < 1.29 is 13.9 Å². The number of hydrogen-bond donors (Lipinski definition) is 0. The van der Waals surface area contributed by atoms with E-state index in [4.69, 9.17) is 4.74 Å². The van der Waals surface area contributed by atoms with Gasteiger partial charge in [0.15, 0.2) is 0 Å². The molecule has 30 heavy (non-hydrogen) atoms. The summed E-state index contributed by atoms with van der Waals surface area (Å²) in [6, 6.07) is 16.2. The summed E-state index contributed by atoms with van der Waals surface area (Å²) in [5.74, 6) is -0.615. The first-order valence-corrected chi connectivity index (χ1v) is 10.4. The topological polar surface area (TPSA) is 57.0 Å². The van der Waals surface area contributed by atoms with Crippen LogP contribution >= 0.6 is 11.8 Å². The summed E-state index contributed by atoms with van der Waals surface area (Å²) in [6.07, 6.45) is 4.01. The minimum Gasteiger partial charge on any atom is -0.468 e. The Kier molecular flexibility index (Phi) is 5.81. The molecule has 1 atom stereocenters. The van der Waals surface area contributed by atoms with Gasteiger partial charge in [0.25, 0.3) is 0 Å². The van der Waals surface area contributed by atoms with E-state index in [1.54, 1.807) is 6.07 Å². The fraction of sp³-hybridized carbons (Fsp3) is 0.174. The lowest BCUT2D eigenvalue weighted by atomic mass is 10.1. The summed E-state index contributed by atoms with van der Waals surface area (Å²) in [5, 5.41) is 1.13. The van der Waals surface area contributed by atoms with Crippen LogP contribution in [0.25, 0.3) is 27.8 Å². The molecule has 7 heteroatoms. The highest BCUT2D eigenvalue weighted by atomic mass is 32.2. The van der Waals surface area contributed by atoms with Crippen LogP contribution in [0.4, 0.5) is 4.39 Å². The number of fused-ring (bicyclic) bond motifs is 1. The zero-order valence-electron chi connectivity index (χ0n) is 16.6. The number of nitrogens with zero attached hydrogens (tertiary/aromatic N) is 3. The first kappa shape index (κ1) is 20.1. The summed E-state index contributed by atoms with van der Waals surface area (Å²) in [7, 11) is 1.39. The second-order valence-electron chi connectivity index (χ2n) is 6.67. The molecule has 0 saturated carbocycles. The Bertz CT molecular complexity index is 1190. The van der Waals surface area contributed by atoms with Crippen molar-refractivity contribution in [2.45, 2.75) is 23.6 Å². The lowest BCUT2D eigenvalue weighted by molar-refractivity contribution is -0.140. The van der Waals surface area contributed by atoms with Crippen molar-refractivity contribution in [1.82, 2.24) is 14.5 Å². The Morgan fingerprint density at radius 1 is 1.17 bits per heavy atom. The summed E-state index contributed by atoms with van der Waals surface area (Å²) >= 11 is 1.36. The second kappa shape index (κ2) is 8.67. The van der Waals surface area contributed by atoms with Crippen molar-refractivity contribution in [3.05, 3.63) is 72.9 Å². The van der Waals surface area contributed by atoms with E-state index >= 15 is 0 Å². The van der Waals surface area contributed by atoms with Crippen molar-refractivity contribution in [1.29, 1.82) is 0 Å². The molecule has 0 radical (unpaired) electrons. The largest absolute Gasteiger partial charge is 0.468 e. The quantitative estimate of drug-likeness (QED) is 0.241. The highest BCUT2D eigenvalue weighted by molar-refractivity contribution is 8.00. The van der Waals surface area contributed by atoms with E-state index in [2.05, 4.69) is 9.97 Å². The molecule has 2 aromatic carbocycles. The fourth-order valence-corrected chi connectivity index (χ4v) is 4.40. The molecule has 2 heterocycles. The third kappa shape index (κ3) is 3.80. The van der Waals surface area contributed by atoms with E-state index in [0.717, 1.165) is 16.5 Å². The minimum atomic E-state index is -0.380. The lowest BCUT2D eigenvalue weighted by Gasteiger charge is -2.12. The van der Waals surface area contributed by atoms with Crippen LogP contribution in [-0.2, 0) is 9.53 Å². The number of rotatable bonds is 6. The fourth-order valence-electron chi connectivity index (χ4n) is 3.35. The molecule has 152 valence electrons. The van der Waals surface area contributed by atoms with Crippen LogP contribution in [0.15, 0.2) is 72.1 Å². The highest BCUT2D eigenvalue weighted by Gasteiger charge is 2.24. The summed E-state index contributed by atoms with van der Waals surface area (Å²) in [6.45, 7) is 1.93. The Labute approximate surface area is 177 Å². The standard InChI is InChI=1S/C23H20FN3O2S/c1-3-19(23(28)29-2)30-22-20-18(15-8-5-4-6-9-15)13-27(21(20)25-14-26-22)17-11-7-10-16(24)12-17/h4-14,19H,3H2,1-2H3/t19-/m1/s1. The predicted octanol–water partition coefficient (Wildman–Crippen LogP) is 5.27. The van der Waals surface area contributed by atoms with Crippen molar-refractivity contribution in [3.8, 4) is 16.8 Å². The highest BCUT2D eigenvalue weighted by Crippen LogP contribution is 2.38. The Hall–Kier alpha value is -3.19. The second-order valence-corrected chi connectivity index (χ2v) is 7.87. The van der Waals surface area contributed by atoms with Crippen LogP contribution in [0.2, 0.25) is 0 Å². The number of benzene rings is 2. The molecule has 0 aliphatic rings. The van der Waals surface area contributed by atoms with Crippen LogP contribution in [0.5, 0.6) is 0 Å². The van der Waals surface area contributed by atoms with Gasteiger partial charge in [-0.1, -0.05) is 55.1 Å². The lowest BCUT2D eigenvalue weighted by Crippen LogP contribution is -2.17. The van der Waals surface area contributed by atoms with Crippen molar-refractivity contribution in [2.24, 2.45) is 0 Å². The number of esters is 1. The Morgan fingerprint density at radius 2 is 1.97 bits per heavy atom. The molecule has 2 aromatic heterocycles. The average Bonchev–Trinajstić information content (AvgIpc) is 3.18. The third-order valence-electron chi connectivity index (χ3n) is 4.81. The number of thioether (sulfide) groups is 1.